The number of aromatic nitrogens is 4. The van der Waals surface area contributed by atoms with Crippen molar-refractivity contribution in [2.75, 3.05) is 44.7 Å². The SMILES string of the molecule is c1cncc(-c2cn3nc(NCCCN4CCOCC4)sc3n2)c1. The zero-order chi connectivity index (χ0) is 16.2. The second-order valence-corrected chi connectivity index (χ2v) is 6.69. The second kappa shape index (κ2) is 7.25. The molecule has 1 saturated heterocycles. The van der Waals surface area contributed by atoms with Crippen LogP contribution in [-0.4, -0.2) is 63.9 Å². The molecule has 0 aliphatic carbocycles. The fourth-order valence-electron chi connectivity index (χ4n) is 2.75. The number of rotatable bonds is 6. The molecule has 1 N–H and O–H groups in total. The zero-order valence-electron chi connectivity index (χ0n) is 13.4. The zero-order valence-corrected chi connectivity index (χ0v) is 14.2. The first-order valence-corrected chi connectivity index (χ1v) is 9.01. The van der Waals surface area contributed by atoms with E-state index >= 15 is 0 Å². The smallest absolute Gasteiger partial charge is 0.214 e. The topological polar surface area (TPSA) is 67.6 Å². The van der Waals surface area contributed by atoms with Crippen LogP contribution in [0.4, 0.5) is 5.13 Å². The van der Waals surface area contributed by atoms with E-state index in [0.717, 1.165) is 67.2 Å². The highest BCUT2D eigenvalue weighted by Gasteiger charge is 2.11. The third-order valence-electron chi connectivity index (χ3n) is 4.03. The average Bonchev–Trinajstić information content (AvgIpc) is 3.19. The maximum atomic E-state index is 5.36. The van der Waals surface area contributed by atoms with Crippen molar-refractivity contribution >= 4 is 21.4 Å². The molecular weight excluding hydrogens is 324 g/mol. The minimum Gasteiger partial charge on any atom is -0.379 e. The van der Waals surface area contributed by atoms with Gasteiger partial charge < -0.3 is 10.1 Å². The van der Waals surface area contributed by atoms with Gasteiger partial charge in [-0.1, -0.05) is 11.3 Å². The highest BCUT2D eigenvalue weighted by Crippen LogP contribution is 2.23. The molecule has 3 aromatic rings. The number of morpholine rings is 1. The summed E-state index contributed by atoms with van der Waals surface area (Å²) >= 11 is 1.57. The van der Waals surface area contributed by atoms with Crippen LogP contribution in [0.5, 0.6) is 0 Å². The number of fused-ring (bicyclic) bond motifs is 1. The van der Waals surface area contributed by atoms with Gasteiger partial charge in [0.2, 0.25) is 10.1 Å². The van der Waals surface area contributed by atoms with Gasteiger partial charge in [0.05, 0.1) is 25.1 Å². The molecule has 4 rings (SSSR count). The number of hydrogen-bond acceptors (Lipinski definition) is 7. The summed E-state index contributed by atoms with van der Waals surface area (Å²) in [6, 6.07) is 3.92. The Morgan fingerprint density at radius 3 is 3.00 bits per heavy atom. The van der Waals surface area contributed by atoms with E-state index in [1.807, 2.05) is 29.0 Å². The van der Waals surface area contributed by atoms with Crippen LogP contribution in [0, 0.1) is 0 Å². The van der Waals surface area contributed by atoms with Crippen molar-refractivity contribution in [2.24, 2.45) is 0 Å². The minimum atomic E-state index is 0.858. The van der Waals surface area contributed by atoms with Crippen molar-refractivity contribution in [3.63, 3.8) is 0 Å². The molecule has 8 heteroatoms. The van der Waals surface area contributed by atoms with Crippen molar-refractivity contribution in [3.05, 3.63) is 30.7 Å². The van der Waals surface area contributed by atoms with E-state index in [1.165, 1.54) is 0 Å². The minimum absolute atomic E-state index is 0.858. The first-order chi connectivity index (χ1) is 11.9. The van der Waals surface area contributed by atoms with E-state index in [4.69, 9.17) is 4.74 Å². The number of ether oxygens (including phenoxy) is 1. The maximum absolute atomic E-state index is 5.36. The van der Waals surface area contributed by atoms with Gasteiger partial charge in [0, 0.05) is 37.6 Å². The fraction of sp³-hybridized carbons (Fsp3) is 0.438. The van der Waals surface area contributed by atoms with Gasteiger partial charge in [-0.2, -0.15) is 0 Å². The van der Waals surface area contributed by atoms with Crippen molar-refractivity contribution in [3.8, 4) is 11.3 Å². The highest BCUT2D eigenvalue weighted by molar-refractivity contribution is 7.20. The molecule has 126 valence electrons. The van der Waals surface area contributed by atoms with Crippen molar-refractivity contribution in [2.45, 2.75) is 6.42 Å². The molecule has 4 heterocycles. The quantitative estimate of drug-likeness (QED) is 0.690. The first-order valence-electron chi connectivity index (χ1n) is 8.19. The van der Waals surface area contributed by atoms with E-state index in [0.29, 0.717) is 0 Å². The lowest BCUT2D eigenvalue weighted by Gasteiger charge is -2.26. The average molecular weight is 344 g/mol. The van der Waals surface area contributed by atoms with Crippen LogP contribution >= 0.6 is 11.3 Å². The predicted octanol–water partition coefficient (Wildman–Crippen LogP) is 1.99. The van der Waals surface area contributed by atoms with E-state index in [9.17, 15) is 0 Å². The lowest BCUT2D eigenvalue weighted by atomic mass is 10.2. The molecule has 1 fully saturated rings. The van der Waals surface area contributed by atoms with Gasteiger partial charge >= 0.3 is 0 Å². The third kappa shape index (κ3) is 3.55. The molecule has 0 unspecified atom stereocenters. The summed E-state index contributed by atoms with van der Waals surface area (Å²) in [6.45, 7) is 5.82. The first kappa shape index (κ1) is 15.5. The molecule has 7 nitrogen and oxygen atoms in total. The van der Waals surface area contributed by atoms with Gasteiger partial charge in [-0.15, -0.1) is 5.10 Å². The van der Waals surface area contributed by atoms with Crippen LogP contribution in [0.15, 0.2) is 30.7 Å². The lowest BCUT2D eigenvalue weighted by molar-refractivity contribution is 0.0378. The number of nitrogens with zero attached hydrogens (tertiary/aromatic N) is 5. The highest BCUT2D eigenvalue weighted by atomic mass is 32.1. The molecule has 0 atom stereocenters. The molecular formula is C16H20N6OS. The number of imidazole rings is 1. The van der Waals surface area contributed by atoms with E-state index < -0.39 is 0 Å². The van der Waals surface area contributed by atoms with Gasteiger partial charge in [-0.25, -0.2) is 9.50 Å². The summed E-state index contributed by atoms with van der Waals surface area (Å²) in [5, 5.41) is 8.86. The number of pyridine rings is 1. The van der Waals surface area contributed by atoms with Gasteiger partial charge in [0.25, 0.3) is 0 Å². The van der Waals surface area contributed by atoms with Crippen molar-refractivity contribution in [1.29, 1.82) is 0 Å². The van der Waals surface area contributed by atoms with E-state index in [-0.39, 0.29) is 0 Å². The van der Waals surface area contributed by atoms with Crippen LogP contribution < -0.4 is 5.32 Å². The van der Waals surface area contributed by atoms with Crippen molar-refractivity contribution in [1.82, 2.24) is 24.5 Å². The van der Waals surface area contributed by atoms with E-state index in [1.54, 1.807) is 17.5 Å². The number of nitrogens with one attached hydrogen (secondary N) is 1. The molecule has 0 spiro atoms. The largest absolute Gasteiger partial charge is 0.379 e. The normalized spacial score (nSPS) is 15.8. The number of hydrogen-bond donors (Lipinski definition) is 1. The molecule has 0 aromatic carbocycles. The van der Waals surface area contributed by atoms with Crippen LogP contribution in [0.25, 0.3) is 16.2 Å². The molecule has 1 aliphatic heterocycles. The summed E-state index contributed by atoms with van der Waals surface area (Å²) in [5.41, 5.74) is 1.91. The molecule has 0 radical (unpaired) electrons. The molecule has 0 bridgehead atoms. The Balaban J connectivity index is 1.31. The van der Waals surface area contributed by atoms with Gasteiger partial charge in [-0.05, 0) is 25.1 Å². The summed E-state index contributed by atoms with van der Waals surface area (Å²) in [7, 11) is 0. The molecule has 3 aromatic heterocycles. The van der Waals surface area contributed by atoms with Crippen LogP contribution in [0.1, 0.15) is 6.42 Å². The van der Waals surface area contributed by atoms with Crippen LogP contribution in [0.3, 0.4) is 0 Å². The molecule has 0 saturated carbocycles. The summed E-state index contributed by atoms with van der Waals surface area (Å²) in [4.78, 5) is 12.1. The number of anilines is 1. The standard InChI is InChI=1S/C16H20N6OS/c1-3-13(11-17-4-1)14-12-22-16(19-14)24-15(20-22)18-5-2-6-21-7-9-23-10-8-21/h1,3-4,11-12H,2,5-10H2,(H,18,20). The maximum Gasteiger partial charge on any atom is 0.214 e. The fourth-order valence-corrected chi connectivity index (χ4v) is 3.55. The lowest BCUT2D eigenvalue weighted by Crippen LogP contribution is -2.37. The Morgan fingerprint density at radius 2 is 2.21 bits per heavy atom. The Bertz CT molecular complexity index is 749. The Morgan fingerprint density at radius 1 is 1.29 bits per heavy atom. The Labute approximate surface area is 144 Å². The molecule has 1 aliphatic rings. The van der Waals surface area contributed by atoms with Gasteiger partial charge in [-0.3, -0.25) is 9.88 Å². The van der Waals surface area contributed by atoms with E-state index in [2.05, 4.69) is 25.3 Å². The van der Waals surface area contributed by atoms with Gasteiger partial charge in [0.1, 0.15) is 0 Å². The Hall–Kier alpha value is -2.03. The summed E-state index contributed by atoms with van der Waals surface area (Å²) < 4.78 is 7.19. The summed E-state index contributed by atoms with van der Waals surface area (Å²) in [6.07, 6.45) is 6.63. The van der Waals surface area contributed by atoms with Crippen LogP contribution in [-0.2, 0) is 4.74 Å². The third-order valence-corrected chi connectivity index (χ3v) is 4.91. The van der Waals surface area contributed by atoms with Crippen LogP contribution in [0.2, 0.25) is 0 Å². The Kier molecular flexibility index (Phi) is 4.68. The molecule has 24 heavy (non-hydrogen) atoms. The summed E-state index contributed by atoms with van der Waals surface area (Å²) in [5.74, 6) is 0. The van der Waals surface area contributed by atoms with Crippen molar-refractivity contribution < 1.29 is 4.74 Å². The second-order valence-electron chi connectivity index (χ2n) is 5.74. The monoisotopic (exact) mass is 344 g/mol. The van der Waals surface area contributed by atoms with Gasteiger partial charge in [0.15, 0.2) is 0 Å². The predicted molar refractivity (Wildman–Crippen MR) is 94.5 cm³/mol. The molecule has 0 amide bonds.